The van der Waals surface area contributed by atoms with Crippen LogP contribution in [0.1, 0.15) is 31.9 Å². The maximum Gasteiger partial charge on any atom is 0.243 e. The van der Waals surface area contributed by atoms with Gasteiger partial charge < -0.3 is 16.0 Å². The Kier molecular flexibility index (Phi) is 4.81. The summed E-state index contributed by atoms with van der Waals surface area (Å²) in [5, 5.41) is 8.23. The quantitative estimate of drug-likeness (QED) is 0.794. The maximum atomic E-state index is 14.4. The van der Waals surface area contributed by atoms with Crippen LogP contribution in [0.2, 0.25) is 0 Å². The minimum Gasteiger partial charge on any atom is -0.347 e. The highest BCUT2D eigenvalue weighted by Crippen LogP contribution is 2.24. The molecule has 2 amide bonds. The van der Waals surface area contributed by atoms with Crippen LogP contribution in [-0.2, 0) is 22.6 Å². The average Bonchev–Trinajstić information content (AvgIpc) is 2.47. The Balaban J connectivity index is 1.99. The van der Waals surface area contributed by atoms with Gasteiger partial charge in [0.1, 0.15) is 5.82 Å². The van der Waals surface area contributed by atoms with Gasteiger partial charge in [0.25, 0.3) is 0 Å². The second-order valence-electron chi connectivity index (χ2n) is 6.47. The smallest absolute Gasteiger partial charge is 0.243 e. The van der Waals surface area contributed by atoms with Crippen molar-refractivity contribution in [1.29, 1.82) is 0 Å². The van der Waals surface area contributed by atoms with Gasteiger partial charge in [-0.2, -0.15) is 0 Å². The molecule has 120 valence electrons. The molecule has 6 heteroatoms. The molecule has 0 radical (unpaired) electrons. The zero-order chi connectivity index (χ0) is 16.3. The van der Waals surface area contributed by atoms with Gasteiger partial charge in [0.15, 0.2) is 0 Å². The lowest BCUT2D eigenvalue weighted by Gasteiger charge is -2.20. The van der Waals surface area contributed by atoms with Crippen LogP contribution in [-0.4, -0.2) is 24.9 Å². The molecule has 0 fully saturated rings. The van der Waals surface area contributed by atoms with E-state index in [9.17, 15) is 14.0 Å². The van der Waals surface area contributed by atoms with Crippen LogP contribution >= 0.6 is 0 Å². The van der Waals surface area contributed by atoms with Crippen LogP contribution in [0.25, 0.3) is 0 Å². The molecule has 0 atom stereocenters. The third-order valence-electron chi connectivity index (χ3n) is 3.57. The number of carbonyl (C=O) groups is 2. The number of halogens is 1. The summed E-state index contributed by atoms with van der Waals surface area (Å²) in [6, 6.07) is 3.37. The molecule has 0 saturated heterocycles. The van der Waals surface area contributed by atoms with E-state index in [1.165, 1.54) is 0 Å². The lowest BCUT2D eigenvalue weighted by molar-refractivity contribution is -0.130. The maximum absolute atomic E-state index is 14.4. The van der Waals surface area contributed by atoms with Crippen LogP contribution in [0.5, 0.6) is 0 Å². The summed E-state index contributed by atoms with van der Waals surface area (Å²) in [5.41, 5.74) is 1.17. The summed E-state index contributed by atoms with van der Waals surface area (Å²) in [5.74, 6) is -1.04. The number of anilines is 1. The highest BCUT2D eigenvalue weighted by molar-refractivity contribution is 5.95. The fourth-order valence-corrected chi connectivity index (χ4v) is 2.25. The Morgan fingerprint density at radius 3 is 2.73 bits per heavy atom. The van der Waals surface area contributed by atoms with Gasteiger partial charge in [0, 0.05) is 12.0 Å². The summed E-state index contributed by atoms with van der Waals surface area (Å²) in [7, 11) is 0. The van der Waals surface area contributed by atoms with Crippen molar-refractivity contribution in [1.82, 2.24) is 10.6 Å². The number of nitrogens with one attached hydrogen (secondary N) is 3. The van der Waals surface area contributed by atoms with E-state index in [2.05, 4.69) is 16.0 Å². The zero-order valence-electron chi connectivity index (χ0n) is 13.2. The lowest BCUT2D eigenvalue weighted by Crippen LogP contribution is -2.39. The number of fused-ring (bicyclic) bond motifs is 1. The van der Waals surface area contributed by atoms with Gasteiger partial charge in [0.2, 0.25) is 11.8 Å². The topological polar surface area (TPSA) is 70.2 Å². The van der Waals surface area contributed by atoms with Crippen LogP contribution in [0.3, 0.4) is 0 Å². The van der Waals surface area contributed by atoms with Crippen molar-refractivity contribution < 1.29 is 14.0 Å². The fraction of sp³-hybridized carbons (Fsp3) is 0.500. The van der Waals surface area contributed by atoms with Crippen LogP contribution in [0, 0.1) is 11.2 Å². The molecule has 22 heavy (non-hydrogen) atoms. The molecule has 1 aromatic rings. The molecule has 3 N–H and O–H groups in total. The molecule has 0 aromatic heterocycles. The molecule has 0 bridgehead atoms. The number of carbonyl (C=O) groups excluding carboxylic acids is 2. The molecule has 0 aliphatic carbocycles. The molecule has 0 unspecified atom stereocenters. The minimum atomic E-state index is -0.565. The first-order valence-corrected chi connectivity index (χ1v) is 7.38. The van der Waals surface area contributed by atoms with Crippen molar-refractivity contribution in [3.8, 4) is 0 Å². The van der Waals surface area contributed by atoms with E-state index >= 15 is 0 Å². The van der Waals surface area contributed by atoms with Gasteiger partial charge >= 0.3 is 0 Å². The summed E-state index contributed by atoms with van der Waals surface area (Å²) in [6.45, 7) is 6.48. The number of hydrogen-bond donors (Lipinski definition) is 3. The highest BCUT2D eigenvalue weighted by atomic mass is 19.1. The first-order valence-electron chi connectivity index (χ1n) is 7.38. The largest absolute Gasteiger partial charge is 0.347 e. The van der Waals surface area contributed by atoms with E-state index in [1.54, 1.807) is 26.8 Å². The number of rotatable bonds is 3. The molecule has 0 spiro atoms. The first kappa shape index (κ1) is 16.4. The van der Waals surface area contributed by atoms with Gasteiger partial charge in [-0.1, -0.05) is 26.8 Å². The average molecular weight is 307 g/mol. The summed E-state index contributed by atoms with van der Waals surface area (Å²) in [4.78, 5) is 23.6. The van der Waals surface area contributed by atoms with Crippen molar-refractivity contribution in [3.05, 3.63) is 29.1 Å². The predicted molar refractivity (Wildman–Crippen MR) is 82.9 cm³/mol. The molecule has 5 nitrogen and oxygen atoms in total. The van der Waals surface area contributed by atoms with Crippen molar-refractivity contribution in [2.24, 2.45) is 5.41 Å². The van der Waals surface area contributed by atoms with E-state index in [-0.39, 0.29) is 24.0 Å². The van der Waals surface area contributed by atoms with Crippen molar-refractivity contribution in [2.75, 3.05) is 18.4 Å². The Morgan fingerprint density at radius 1 is 1.32 bits per heavy atom. The SMILES string of the molecule is CC(C)(C)C(=O)NCC(=O)Nc1ccc2c(c1F)CCNC2. The first-order chi connectivity index (χ1) is 10.3. The van der Waals surface area contributed by atoms with Gasteiger partial charge in [-0.25, -0.2) is 4.39 Å². The number of hydrogen-bond acceptors (Lipinski definition) is 3. The number of benzene rings is 1. The Hall–Kier alpha value is -1.95. The van der Waals surface area contributed by atoms with E-state index in [1.807, 2.05) is 6.07 Å². The van der Waals surface area contributed by atoms with Gasteiger partial charge in [-0.05, 0) is 30.2 Å². The van der Waals surface area contributed by atoms with Crippen molar-refractivity contribution in [2.45, 2.75) is 33.7 Å². The van der Waals surface area contributed by atoms with Crippen molar-refractivity contribution in [3.63, 3.8) is 0 Å². The third kappa shape index (κ3) is 3.82. The standard InChI is InChI=1S/C16H22FN3O2/c1-16(2,3)15(22)19-9-13(21)20-12-5-4-10-8-18-7-6-11(10)14(12)17/h4-5,18H,6-9H2,1-3H3,(H,19,22)(H,20,21). The summed E-state index contributed by atoms with van der Waals surface area (Å²) in [6.07, 6.45) is 0.603. The second-order valence-corrected chi connectivity index (χ2v) is 6.47. The van der Waals surface area contributed by atoms with E-state index in [4.69, 9.17) is 0 Å². The van der Waals surface area contributed by atoms with Crippen LogP contribution in [0.15, 0.2) is 12.1 Å². The highest BCUT2D eigenvalue weighted by Gasteiger charge is 2.22. The summed E-state index contributed by atoms with van der Waals surface area (Å²) < 4.78 is 14.4. The Morgan fingerprint density at radius 2 is 2.05 bits per heavy atom. The normalized spacial score (nSPS) is 14.2. The van der Waals surface area contributed by atoms with Gasteiger partial charge in [0.05, 0.1) is 12.2 Å². The minimum absolute atomic E-state index is 0.163. The number of amides is 2. The predicted octanol–water partition coefficient (Wildman–Crippen LogP) is 1.57. The third-order valence-corrected chi connectivity index (χ3v) is 3.57. The van der Waals surface area contributed by atoms with E-state index in [0.717, 1.165) is 12.1 Å². The van der Waals surface area contributed by atoms with Crippen molar-refractivity contribution >= 4 is 17.5 Å². The molecule has 1 aliphatic rings. The lowest BCUT2D eigenvalue weighted by atomic mass is 9.96. The van der Waals surface area contributed by atoms with Gasteiger partial charge in [-0.15, -0.1) is 0 Å². The van der Waals surface area contributed by atoms with Crippen LogP contribution < -0.4 is 16.0 Å². The molecule has 0 saturated carbocycles. The Bertz CT molecular complexity index is 594. The fourth-order valence-electron chi connectivity index (χ4n) is 2.25. The molecular weight excluding hydrogens is 285 g/mol. The molecular formula is C16H22FN3O2. The van der Waals surface area contributed by atoms with Crippen LogP contribution in [0.4, 0.5) is 10.1 Å². The molecule has 1 aliphatic heterocycles. The second kappa shape index (κ2) is 6.44. The molecule has 2 rings (SSSR count). The van der Waals surface area contributed by atoms with E-state index in [0.29, 0.717) is 18.5 Å². The summed E-state index contributed by atoms with van der Waals surface area (Å²) >= 11 is 0. The Labute approximate surface area is 129 Å². The zero-order valence-corrected chi connectivity index (χ0v) is 13.2. The molecule has 1 aromatic carbocycles. The monoisotopic (exact) mass is 307 g/mol. The van der Waals surface area contributed by atoms with Gasteiger partial charge in [-0.3, -0.25) is 9.59 Å². The van der Waals surface area contributed by atoms with E-state index < -0.39 is 11.3 Å². The molecule has 1 heterocycles.